The third-order valence-electron chi connectivity index (χ3n) is 2.99. The minimum atomic E-state index is 0.542. The van der Waals surface area contributed by atoms with E-state index in [1.807, 2.05) is 11.6 Å². The molecule has 2 rings (SSSR count). The van der Waals surface area contributed by atoms with Crippen LogP contribution in [0.5, 0.6) is 0 Å². The van der Waals surface area contributed by atoms with E-state index in [4.69, 9.17) is 0 Å². The quantitative estimate of drug-likeness (QED) is 0.830. The SMILES string of the molecule is CC1(C)CCC(NCc2nccs2)C1. The molecule has 1 aliphatic rings. The Labute approximate surface area is 89.8 Å². The van der Waals surface area contributed by atoms with Gasteiger partial charge in [-0.3, -0.25) is 0 Å². The Morgan fingerprint density at radius 1 is 1.64 bits per heavy atom. The number of nitrogens with zero attached hydrogens (tertiary/aromatic N) is 1. The van der Waals surface area contributed by atoms with Crippen molar-refractivity contribution in [2.24, 2.45) is 5.41 Å². The number of rotatable bonds is 3. The fourth-order valence-corrected chi connectivity index (χ4v) is 2.75. The van der Waals surface area contributed by atoms with Gasteiger partial charge in [0.25, 0.3) is 0 Å². The van der Waals surface area contributed by atoms with Gasteiger partial charge in [-0.05, 0) is 24.7 Å². The highest BCUT2D eigenvalue weighted by atomic mass is 32.1. The molecule has 1 aliphatic carbocycles. The average Bonchev–Trinajstić information content (AvgIpc) is 2.70. The Kier molecular flexibility index (Phi) is 2.88. The highest BCUT2D eigenvalue weighted by Gasteiger charge is 2.30. The molecule has 0 amide bonds. The predicted octanol–water partition coefficient (Wildman–Crippen LogP) is 2.81. The van der Waals surface area contributed by atoms with Crippen molar-refractivity contribution in [1.29, 1.82) is 0 Å². The van der Waals surface area contributed by atoms with E-state index in [0.29, 0.717) is 11.5 Å². The summed E-state index contributed by atoms with van der Waals surface area (Å²) in [5.74, 6) is 0. The molecule has 1 aromatic rings. The van der Waals surface area contributed by atoms with Gasteiger partial charge in [0.2, 0.25) is 0 Å². The topological polar surface area (TPSA) is 24.9 Å². The Bertz CT molecular complexity index is 279. The Balaban J connectivity index is 1.78. The molecule has 14 heavy (non-hydrogen) atoms. The minimum absolute atomic E-state index is 0.542. The summed E-state index contributed by atoms with van der Waals surface area (Å²) in [7, 11) is 0. The van der Waals surface area contributed by atoms with E-state index in [9.17, 15) is 0 Å². The van der Waals surface area contributed by atoms with Gasteiger partial charge in [-0.2, -0.15) is 0 Å². The van der Waals surface area contributed by atoms with E-state index in [2.05, 4.69) is 24.1 Å². The van der Waals surface area contributed by atoms with E-state index in [0.717, 1.165) is 6.54 Å². The number of thiazole rings is 1. The lowest BCUT2D eigenvalue weighted by atomic mass is 9.92. The maximum Gasteiger partial charge on any atom is 0.106 e. The minimum Gasteiger partial charge on any atom is -0.308 e. The van der Waals surface area contributed by atoms with Crippen LogP contribution in [-0.4, -0.2) is 11.0 Å². The molecule has 1 aromatic heterocycles. The summed E-state index contributed by atoms with van der Waals surface area (Å²) in [6.07, 6.45) is 5.85. The number of aromatic nitrogens is 1. The van der Waals surface area contributed by atoms with Crippen LogP contribution in [0.15, 0.2) is 11.6 Å². The predicted molar refractivity (Wildman–Crippen MR) is 60.4 cm³/mol. The standard InChI is InChI=1S/C11H18N2S/c1-11(2)4-3-9(7-11)13-8-10-12-5-6-14-10/h5-6,9,13H,3-4,7-8H2,1-2H3. The van der Waals surface area contributed by atoms with Crippen molar-refractivity contribution in [2.45, 2.75) is 45.7 Å². The van der Waals surface area contributed by atoms with E-state index >= 15 is 0 Å². The summed E-state index contributed by atoms with van der Waals surface area (Å²) >= 11 is 1.73. The monoisotopic (exact) mass is 210 g/mol. The van der Waals surface area contributed by atoms with Crippen molar-refractivity contribution >= 4 is 11.3 Å². The van der Waals surface area contributed by atoms with Crippen LogP contribution in [-0.2, 0) is 6.54 Å². The molecule has 0 aliphatic heterocycles. The van der Waals surface area contributed by atoms with E-state index in [1.165, 1.54) is 24.3 Å². The Hall–Kier alpha value is -0.410. The summed E-state index contributed by atoms with van der Waals surface area (Å²) in [4.78, 5) is 4.27. The summed E-state index contributed by atoms with van der Waals surface area (Å²) in [6, 6.07) is 0.703. The molecule has 0 bridgehead atoms. The molecule has 1 N–H and O–H groups in total. The van der Waals surface area contributed by atoms with Crippen molar-refractivity contribution < 1.29 is 0 Å². The lowest BCUT2D eigenvalue weighted by Gasteiger charge is -2.17. The summed E-state index contributed by atoms with van der Waals surface area (Å²) < 4.78 is 0. The van der Waals surface area contributed by atoms with Crippen molar-refractivity contribution in [3.8, 4) is 0 Å². The van der Waals surface area contributed by atoms with Crippen LogP contribution in [0.25, 0.3) is 0 Å². The van der Waals surface area contributed by atoms with Gasteiger partial charge in [-0.25, -0.2) is 4.98 Å². The van der Waals surface area contributed by atoms with Crippen molar-refractivity contribution in [3.63, 3.8) is 0 Å². The molecule has 0 spiro atoms. The molecule has 2 nitrogen and oxygen atoms in total. The van der Waals surface area contributed by atoms with Gasteiger partial charge < -0.3 is 5.32 Å². The third-order valence-corrected chi connectivity index (χ3v) is 3.77. The van der Waals surface area contributed by atoms with Crippen LogP contribution < -0.4 is 5.32 Å². The molecule has 0 aromatic carbocycles. The first-order chi connectivity index (χ1) is 6.66. The maximum atomic E-state index is 4.27. The molecule has 1 fully saturated rings. The van der Waals surface area contributed by atoms with Crippen molar-refractivity contribution in [1.82, 2.24) is 10.3 Å². The summed E-state index contributed by atoms with van der Waals surface area (Å²) in [6.45, 7) is 5.66. The van der Waals surface area contributed by atoms with Gasteiger partial charge in [0.15, 0.2) is 0 Å². The number of hydrogen-bond donors (Lipinski definition) is 1. The molecular weight excluding hydrogens is 192 g/mol. The first-order valence-electron chi connectivity index (χ1n) is 5.27. The highest BCUT2D eigenvalue weighted by molar-refractivity contribution is 7.09. The van der Waals surface area contributed by atoms with Gasteiger partial charge in [-0.1, -0.05) is 13.8 Å². The Morgan fingerprint density at radius 3 is 3.07 bits per heavy atom. The summed E-state index contributed by atoms with van der Waals surface area (Å²) in [5, 5.41) is 6.83. The zero-order valence-electron chi connectivity index (χ0n) is 8.92. The van der Waals surface area contributed by atoms with Crippen LogP contribution in [0, 0.1) is 5.41 Å². The maximum absolute atomic E-state index is 4.27. The van der Waals surface area contributed by atoms with Crippen LogP contribution in [0.1, 0.15) is 38.1 Å². The first kappa shape index (κ1) is 10.1. The third kappa shape index (κ3) is 2.55. The largest absolute Gasteiger partial charge is 0.308 e. The molecule has 1 unspecified atom stereocenters. The second-order valence-electron chi connectivity index (χ2n) is 4.91. The summed E-state index contributed by atoms with van der Waals surface area (Å²) in [5.41, 5.74) is 0.542. The number of hydrogen-bond acceptors (Lipinski definition) is 3. The van der Waals surface area contributed by atoms with E-state index < -0.39 is 0 Å². The molecule has 78 valence electrons. The van der Waals surface area contributed by atoms with Crippen molar-refractivity contribution in [3.05, 3.63) is 16.6 Å². The van der Waals surface area contributed by atoms with Crippen LogP contribution >= 0.6 is 11.3 Å². The van der Waals surface area contributed by atoms with Crippen LogP contribution in [0.4, 0.5) is 0 Å². The molecule has 1 heterocycles. The molecule has 1 atom stereocenters. The molecule has 3 heteroatoms. The Morgan fingerprint density at radius 2 is 2.50 bits per heavy atom. The van der Waals surface area contributed by atoms with E-state index in [-0.39, 0.29) is 0 Å². The fraction of sp³-hybridized carbons (Fsp3) is 0.727. The van der Waals surface area contributed by atoms with E-state index in [1.54, 1.807) is 11.3 Å². The smallest absolute Gasteiger partial charge is 0.106 e. The van der Waals surface area contributed by atoms with Gasteiger partial charge >= 0.3 is 0 Å². The molecular formula is C11H18N2S. The zero-order valence-corrected chi connectivity index (χ0v) is 9.73. The lowest BCUT2D eigenvalue weighted by molar-refractivity contribution is 0.364. The number of nitrogens with one attached hydrogen (secondary N) is 1. The molecule has 1 saturated carbocycles. The van der Waals surface area contributed by atoms with Gasteiger partial charge in [0.1, 0.15) is 5.01 Å². The highest BCUT2D eigenvalue weighted by Crippen LogP contribution is 2.36. The normalized spacial score (nSPS) is 25.4. The zero-order chi connectivity index (χ0) is 10.0. The lowest BCUT2D eigenvalue weighted by Crippen LogP contribution is -2.26. The van der Waals surface area contributed by atoms with Gasteiger partial charge in [0, 0.05) is 24.2 Å². The molecule has 0 saturated heterocycles. The van der Waals surface area contributed by atoms with Gasteiger partial charge in [0.05, 0.1) is 0 Å². The van der Waals surface area contributed by atoms with Crippen molar-refractivity contribution in [2.75, 3.05) is 0 Å². The van der Waals surface area contributed by atoms with Gasteiger partial charge in [-0.15, -0.1) is 11.3 Å². The first-order valence-corrected chi connectivity index (χ1v) is 6.15. The molecule has 0 radical (unpaired) electrons. The average molecular weight is 210 g/mol. The second-order valence-corrected chi connectivity index (χ2v) is 5.89. The fourth-order valence-electron chi connectivity index (χ4n) is 2.18. The van der Waals surface area contributed by atoms with Crippen LogP contribution in [0.3, 0.4) is 0 Å². The second kappa shape index (κ2) is 3.99. The van der Waals surface area contributed by atoms with Crippen LogP contribution in [0.2, 0.25) is 0 Å².